The number of aromatic nitrogens is 1. The number of hydrogen-bond donors (Lipinski definition) is 1. The number of fused-ring (bicyclic) bond motifs is 1. The van der Waals surface area contributed by atoms with Gasteiger partial charge < -0.3 is 15.1 Å². The van der Waals surface area contributed by atoms with Gasteiger partial charge in [0.2, 0.25) is 0 Å². The molecule has 0 unspecified atom stereocenters. The van der Waals surface area contributed by atoms with Crippen LogP contribution in [0.1, 0.15) is 39.4 Å². The molecule has 1 aliphatic heterocycles. The van der Waals surface area contributed by atoms with E-state index in [0.717, 1.165) is 55.4 Å². The maximum atomic E-state index is 12.6. The van der Waals surface area contributed by atoms with Crippen molar-refractivity contribution in [3.63, 3.8) is 0 Å². The third-order valence-corrected chi connectivity index (χ3v) is 6.54. The number of aryl methyl sites for hydroxylation is 2. The number of carbonyl (C=O) groups is 1. The van der Waals surface area contributed by atoms with Gasteiger partial charge in [0.15, 0.2) is 0 Å². The molecule has 0 atom stereocenters. The van der Waals surface area contributed by atoms with Crippen LogP contribution in [0.3, 0.4) is 0 Å². The van der Waals surface area contributed by atoms with Gasteiger partial charge in [-0.25, -0.2) is 4.98 Å². The fourth-order valence-electron chi connectivity index (χ4n) is 3.65. The van der Waals surface area contributed by atoms with E-state index in [1.807, 2.05) is 12.1 Å². The van der Waals surface area contributed by atoms with E-state index in [-0.39, 0.29) is 5.91 Å². The lowest BCUT2D eigenvalue weighted by Crippen LogP contribution is -2.44. The maximum Gasteiger partial charge on any atom is 0.265 e. The molecule has 0 radical (unpaired) electrons. The molecule has 3 heterocycles. The summed E-state index contributed by atoms with van der Waals surface area (Å²) in [4.78, 5) is 24.0. The van der Waals surface area contributed by atoms with Gasteiger partial charge in [-0.3, -0.25) is 4.79 Å². The van der Waals surface area contributed by atoms with Gasteiger partial charge in [0, 0.05) is 31.1 Å². The Morgan fingerprint density at radius 2 is 1.92 bits per heavy atom. The van der Waals surface area contributed by atoms with E-state index in [1.54, 1.807) is 17.5 Å². The Morgan fingerprint density at radius 3 is 2.69 bits per heavy atom. The summed E-state index contributed by atoms with van der Waals surface area (Å²) in [5, 5.41) is 3.00. The summed E-state index contributed by atoms with van der Waals surface area (Å²) >= 11 is 1.66. The molecule has 0 saturated carbocycles. The summed E-state index contributed by atoms with van der Waals surface area (Å²) in [5.41, 5.74) is 2.14. The van der Waals surface area contributed by atoms with Crippen LogP contribution in [0.25, 0.3) is 0 Å². The second kappa shape index (κ2) is 7.76. The van der Waals surface area contributed by atoms with E-state index in [0.29, 0.717) is 0 Å². The fourth-order valence-corrected chi connectivity index (χ4v) is 4.80. The molecule has 1 saturated heterocycles. The maximum absolute atomic E-state index is 12.6. The van der Waals surface area contributed by atoms with Gasteiger partial charge in [0.05, 0.1) is 16.8 Å². The predicted molar refractivity (Wildman–Crippen MR) is 107 cm³/mol. The van der Waals surface area contributed by atoms with Crippen LogP contribution in [0.4, 0.5) is 11.5 Å². The first kappa shape index (κ1) is 17.5. The molecule has 6 heteroatoms. The monoisotopic (exact) mass is 370 g/mol. The second-order valence-electron chi connectivity index (χ2n) is 7.27. The van der Waals surface area contributed by atoms with Crippen molar-refractivity contribution in [3.8, 4) is 0 Å². The van der Waals surface area contributed by atoms with Crippen molar-refractivity contribution in [1.82, 2.24) is 9.88 Å². The summed E-state index contributed by atoms with van der Waals surface area (Å²) < 4.78 is 0. The largest absolute Gasteiger partial charge is 0.354 e. The van der Waals surface area contributed by atoms with Gasteiger partial charge in [-0.2, -0.15) is 0 Å². The normalized spacial score (nSPS) is 18.3. The third kappa shape index (κ3) is 3.91. The first-order valence-electron chi connectivity index (χ1n) is 9.51. The Morgan fingerprint density at radius 1 is 1.12 bits per heavy atom. The zero-order valence-corrected chi connectivity index (χ0v) is 16.1. The Balaban J connectivity index is 1.40. The van der Waals surface area contributed by atoms with Crippen LogP contribution in [0, 0.1) is 0 Å². The van der Waals surface area contributed by atoms with Crippen LogP contribution in [0.2, 0.25) is 0 Å². The first-order valence-corrected chi connectivity index (χ1v) is 10.3. The number of carbonyl (C=O) groups excluding carboxylic acids is 1. The van der Waals surface area contributed by atoms with Gasteiger partial charge in [-0.15, -0.1) is 11.3 Å². The van der Waals surface area contributed by atoms with Crippen molar-refractivity contribution >= 4 is 28.7 Å². The number of thiophene rings is 1. The lowest BCUT2D eigenvalue weighted by molar-refractivity contribution is 0.103. The molecule has 0 aromatic carbocycles. The Bertz CT molecular complexity index is 739. The van der Waals surface area contributed by atoms with Crippen molar-refractivity contribution < 1.29 is 4.79 Å². The van der Waals surface area contributed by atoms with Gasteiger partial charge in [-0.1, -0.05) is 6.42 Å². The molecule has 138 valence electrons. The number of amides is 1. The number of nitrogens with zero attached hydrogens (tertiary/aromatic N) is 3. The highest BCUT2D eigenvalue weighted by Crippen LogP contribution is 2.29. The molecule has 5 nitrogen and oxygen atoms in total. The molecule has 2 aliphatic rings. The topological polar surface area (TPSA) is 48.5 Å². The minimum atomic E-state index is -0.0165. The molecule has 1 aliphatic carbocycles. The average molecular weight is 371 g/mol. The van der Waals surface area contributed by atoms with Crippen molar-refractivity contribution in [2.24, 2.45) is 0 Å². The molecule has 0 bridgehead atoms. The average Bonchev–Trinajstić information content (AvgIpc) is 2.94. The molecular weight excluding hydrogens is 344 g/mol. The van der Waals surface area contributed by atoms with E-state index in [2.05, 4.69) is 33.2 Å². The van der Waals surface area contributed by atoms with Gasteiger partial charge in [0.25, 0.3) is 5.91 Å². The molecule has 2 aromatic rings. The van der Waals surface area contributed by atoms with E-state index in [1.165, 1.54) is 29.7 Å². The molecule has 2 aromatic heterocycles. The third-order valence-electron chi connectivity index (χ3n) is 5.30. The first-order chi connectivity index (χ1) is 12.7. The molecule has 0 spiro atoms. The number of hydrogen-bond acceptors (Lipinski definition) is 5. The van der Waals surface area contributed by atoms with Crippen molar-refractivity contribution in [2.75, 3.05) is 43.4 Å². The Kier molecular flexibility index (Phi) is 5.22. The van der Waals surface area contributed by atoms with Crippen LogP contribution in [0.5, 0.6) is 0 Å². The number of piperazine rings is 1. The minimum Gasteiger partial charge on any atom is -0.354 e. The van der Waals surface area contributed by atoms with Gasteiger partial charge >= 0.3 is 0 Å². The van der Waals surface area contributed by atoms with Gasteiger partial charge in [0.1, 0.15) is 5.82 Å². The lowest BCUT2D eigenvalue weighted by atomic mass is 10.1. The highest BCUT2D eigenvalue weighted by atomic mass is 32.1. The zero-order valence-electron chi connectivity index (χ0n) is 15.3. The SMILES string of the molecule is CN1CCN(c2ccc(NC(=O)c3cc4c(s3)CCCCC4)cn2)CC1. The summed E-state index contributed by atoms with van der Waals surface area (Å²) in [6.07, 6.45) is 7.78. The van der Waals surface area contributed by atoms with Crippen LogP contribution in [-0.2, 0) is 12.8 Å². The van der Waals surface area contributed by atoms with Crippen molar-refractivity contribution in [3.05, 3.63) is 39.7 Å². The molecule has 26 heavy (non-hydrogen) atoms. The van der Waals surface area contributed by atoms with Crippen LogP contribution in [0.15, 0.2) is 24.4 Å². The molecular formula is C20H26N4OS. The Hall–Kier alpha value is -1.92. The highest BCUT2D eigenvalue weighted by Gasteiger charge is 2.18. The van der Waals surface area contributed by atoms with Crippen LogP contribution < -0.4 is 10.2 Å². The molecule has 4 rings (SSSR count). The van der Waals surface area contributed by atoms with Crippen LogP contribution in [-0.4, -0.2) is 49.0 Å². The lowest BCUT2D eigenvalue weighted by Gasteiger charge is -2.33. The number of rotatable bonds is 3. The van der Waals surface area contributed by atoms with E-state index < -0.39 is 0 Å². The standard InChI is InChI=1S/C20H26N4OS/c1-23-9-11-24(12-10-23)19-8-7-16(14-21-19)22-20(25)18-13-15-5-3-2-4-6-17(15)26-18/h7-8,13-14H,2-6,9-12H2,1H3,(H,22,25). The number of pyridine rings is 1. The number of anilines is 2. The quantitative estimate of drug-likeness (QED) is 0.841. The van der Waals surface area contributed by atoms with Gasteiger partial charge in [-0.05, 0) is 56.5 Å². The van der Waals surface area contributed by atoms with Crippen LogP contribution >= 0.6 is 11.3 Å². The smallest absolute Gasteiger partial charge is 0.265 e. The summed E-state index contributed by atoms with van der Waals surface area (Å²) in [7, 11) is 2.15. The van der Waals surface area contributed by atoms with E-state index in [9.17, 15) is 4.79 Å². The van der Waals surface area contributed by atoms with Crippen molar-refractivity contribution in [2.45, 2.75) is 32.1 Å². The Labute approximate surface area is 159 Å². The van der Waals surface area contributed by atoms with E-state index >= 15 is 0 Å². The number of nitrogens with one attached hydrogen (secondary N) is 1. The fraction of sp³-hybridized carbons (Fsp3) is 0.500. The van der Waals surface area contributed by atoms with Crippen molar-refractivity contribution in [1.29, 1.82) is 0 Å². The second-order valence-corrected chi connectivity index (χ2v) is 8.41. The molecule has 1 fully saturated rings. The summed E-state index contributed by atoms with van der Waals surface area (Å²) in [6.45, 7) is 4.11. The zero-order chi connectivity index (χ0) is 17.9. The summed E-state index contributed by atoms with van der Waals surface area (Å²) in [5.74, 6) is 0.969. The predicted octanol–water partition coefficient (Wildman–Crippen LogP) is 3.42. The molecule has 1 N–H and O–H groups in total. The molecule has 1 amide bonds. The highest BCUT2D eigenvalue weighted by molar-refractivity contribution is 7.14. The van der Waals surface area contributed by atoms with E-state index in [4.69, 9.17) is 0 Å². The number of likely N-dealkylation sites (N-methyl/N-ethyl adjacent to an activating group) is 1. The minimum absolute atomic E-state index is 0.0165. The summed E-state index contributed by atoms with van der Waals surface area (Å²) in [6, 6.07) is 6.05.